The van der Waals surface area contributed by atoms with Crippen molar-refractivity contribution < 1.29 is 4.79 Å². The highest BCUT2D eigenvalue weighted by Crippen LogP contribution is 2.32. The number of carbonyl (C=O) groups is 1. The molecular weight excluding hydrogens is 310 g/mol. The summed E-state index contributed by atoms with van der Waals surface area (Å²) in [6.07, 6.45) is 1.53. The topological polar surface area (TPSA) is 29.1 Å². The Balaban J connectivity index is 2.58. The molecule has 1 aromatic rings. The lowest BCUT2D eigenvalue weighted by Gasteiger charge is -2.08. The van der Waals surface area contributed by atoms with Gasteiger partial charge in [-0.1, -0.05) is 15.9 Å². The smallest absolute Gasteiger partial charge is 0.166 e. The summed E-state index contributed by atoms with van der Waals surface area (Å²) in [6, 6.07) is 3.85. The van der Waals surface area contributed by atoms with Gasteiger partial charge in [0.15, 0.2) is 5.78 Å². The Kier molecular flexibility index (Phi) is 2.93. The van der Waals surface area contributed by atoms with Gasteiger partial charge in [0.1, 0.15) is 0 Å². The third kappa shape index (κ3) is 1.86. The highest BCUT2D eigenvalue weighted by molar-refractivity contribution is 9.11. The fraction of sp³-hybridized carbons (Fsp3) is 0.300. The van der Waals surface area contributed by atoms with Crippen molar-refractivity contribution in [3.05, 3.63) is 26.6 Å². The largest absolute Gasteiger partial charge is 0.384 e. The van der Waals surface area contributed by atoms with E-state index in [0.717, 1.165) is 33.2 Å². The van der Waals surface area contributed by atoms with Crippen LogP contribution < -0.4 is 5.32 Å². The molecule has 0 unspecified atom stereocenters. The molecule has 0 spiro atoms. The second-order valence-corrected chi connectivity index (χ2v) is 5.03. The van der Waals surface area contributed by atoms with Gasteiger partial charge in [0, 0.05) is 27.6 Å². The van der Waals surface area contributed by atoms with Crippen LogP contribution in [0, 0.1) is 0 Å². The first-order valence-corrected chi connectivity index (χ1v) is 6.03. The molecule has 2 nitrogen and oxygen atoms in total. The van der Waals surface area contributed by atoms with E-state index in [0.29, 0.717) is 6.42 Å². The first-order chi connectivity index (χ1) is 6.68. The minimum Gasteiger partial charge on any atom is -0.384 e. The standard InChI is InChI=1S/C10H9Br2NO/c11-6-4-7(12)10-8(5-6)13-3-1-2-9(10)14/h4-5,13H,1-3H2. The number of ketones is 1. The van der Waals surface area contributed by atoms with Crippen LogP contribution in [0.4, 0.5) is 5.69 Å². The fourth-order valence-electron chi connectivity index (χ4n) is 1.59. The number of Topliss-reactive ketones (excluding diaryl/α,β-unsaturated/α-hetero) is 1. The van der Waals surface area contributed by atoms with Gasteiger partial charge in [0.25, 0.3) is 0 Å². The molecule has 1 heterocycles. The summed E-state index contributed by atoms with van der Waals surface area (Å²) in [5.74, 6) is 0.212. The number of anilines is 1. The molecule has 2 rings (SSSR count). The zero-order valence-electron chi connectivity index (χ0n) is 7.44. The van der Waals surface area contributed by atoms with Gasteiger partial charge in [-0.05, 0) is 34.5 Å². The number of carbonyl (C=O) groups excluding carboxylic acids is 1. The van der Waals surface area contributed by atoms with E-state index in [1.165, 1.54) is 0 Å². The molecule has 0 atom stereocenters. The second kappa shape index (κ2) is 4.03. The predicted octanol–water partition coefficient (Wildman–Crippen LogP) is 3.60. The van der Waals surface area contributed by atoms with Crippen LogP contribution >= 0.6 is 31.9 Å². The van der Waals surface area contributed by atoms with Crippen molar-refractivity contribution in [3.63, 3.8) is 0 Å². The fourth-order valence-corrected chi connectivity index (χ4v) is 3.04. The molecule has 0 fully saturated rings. The van der Waals surface area contributed by atoms with Crippen molar-refractivity contribution in [1.82, 2.24) is 0 Å². The minimum absolute atomic E-state index is 0.212. The SMILES string of the molecule is O=C1CCCNc2cc(Br)cc(Br)c21. The van der Waals surface area contributed by atoms with E-state index < -0.39 is 0 Å². The molecule has 0 radical (unpaired) electrons. The molecule has 74 valence electrons. The molecular formula is C10H9Br2NO. The quantitative estimate of drug-likeness (QED) is 0.792. The highest BCUT2D eigenvalue weighted by atomic mass is 79.9. The molecule has 0 bridgehead atoms. The molecule has 1 N–H and O–H groups in total. The first kappa shape index (κ1) is 10.2. The zero-order valence-corrected chi connectivity index (χ0v) is 10.6. The van der Waals surface area contributed by atoms with E-state index in [9.17, 15) is 4.79 Å². The van der Waals surface area contributed by atoms with E-state index in [2.05, 4.69) is 37.2 Å². The van der Waals surface area contributed by atoms with Gasteiger partial charge in [-0.3, -0.25) is 4.79 Å². The van der Waals surface area contributed by atoms with Gasteiger partial charge in [-0.25, -0.2) is 0 Å². The average molecular weight is 319 g/mol. The van der Waals surface area contributed by atoms with Crippen molar-refractivity contribution in [2.24, 2.45) is 0 Å². The first-order valence-electron chi connectivity index (χ1n) is 4.44. The maximum absolute atomic E-state index is 11.8. The molecule has 4 heteroatoms. The van der Waals surface area contributed by atoms with Crippen molar-refractivity contribution in [1.29, 1.82) is 0 Å². The van der Waals surface area contributed by atoms with Crippen molar-refractivity contribution in [2.75, 3.05) is 11.9 Å². The summed E-state index contributed by atoms with van der Waals surface area (Å²) >= 11 is 6.82. The van der Waals surface area contributed by atoms with Gasteiger partial charge >= 0.3 is 0 Å². The molecule has 1 aliphatic heterocycles. The summed E-state index contributed by atoms with van der Waals surface area (Å²) in [4.78, 5) is 11.8. The van der Waals surface area contributed by atoms with Crippen molar-refractivity contribution in [3.8, 4) is 0 Å². The highest BCUT2D eigenvalue weighted by Gasteiger charge is 2.18. The number of hydrogen-bond donors (Lipinski definition) is 1. The Hall–Kier alpha value is -0.350. The van der Waals surface area contributed by atoms with Crippen LogP contribution in [0.2, 0.25) is 0 Å². The van der Waals surface area contributed by atoms with Gasteiger partial charge in [-0.15, -0.1) is 0 Å². The third-order valence-electron chi connectivity index (χ3n) is 2.23. The maximum atomic E-state index is 11.8. The molecule has 0 amide bonds. The van der Waals surface area contributed by atoms with E-state index in [1.54, 1.807) is 0 Å². The van der Waals surface area contributed by atoms with E-state index >= 15 is 0 Å². The summed E-state index contributed by atoms with van der Waals surface area (Å²) in [5, 5.41) is 3.26. The van der Waals surface area contributed by atoms with E-state index in [1.807, 2.05) is 12.1 Å². The maximum Gasteiger partial charge on any atom is 0.166 e. The minimum atomic E-state index is 0.212. The third-order valence-corrected chi connectivity index (χ3v) is 3.31. The Morgan fingerprint density at radius 2 is 2.07 bits per heavy atom. The van der Waals surface area contributed by atoms with Crippen molar-refractivity contribution >= 4 is 43.3 Å². The second-order valence-electron chi connectivity index (χ2n) is 3.26. The number of hydrogen-bond acceptors (Lipinski definition) is 2. The summed E-state index contributed by atoms with van der Waals surface area (Å²) < 4.78 is 1.84. The van der Waals surface area contributed by atoms with Crippen LogP contribution in [0.5, 0.6) is 0 Å². The van der Waals surface area contributed by atoms with Crippen LogP contribution in [-0.4, -0.2) is 12.3 Å². The number of nitrogens with one attached hydrogen (secondary N) is 1. The number of benzene rings is 1. The van der Waals surface area contributed by atoms with Crippen LogP contribution in [0.15, 0.2) is 21.1 Å². The Morgan fingerprint density at radius 3 is 2.86 bits per heavy atom. The summed E-state index contributed by atoms with van der Waals surface area (Å²) in [5.41, 5.74) is 1.71. The summed E-state index contributed by atoms with van der Waals surface area (Å²) in [7, 11) is 0. The average Bonchev–Trinajstić information content (AvgIpc) is 2.27. The lowest BCUT2D eigenvalue weighted by Crippen LogP contribution is -2.01. The molecule has 1 aliphatic rings. The zero-order chi connectivity index (χ0) is 10.1. The molecule has 0 aliphatic carbocycles. The molecule has 0 saturated heterocycles. The Morgan fingerprint density at radius 1 is 1.29 bits per heavy atom. The van der Waals surface area contributed by atoms with E-state index in [4.69, 9.17) is 0 Å². The van der Waals surface area contributed by atoms with Crippen LogP contribution in [0.25, 0.3) is 0 Å². The van der Waals surface area contributed by atoms with Crippen LogP contribution in [0.3, 0.4) is 0 Å². The van der Waals surface area contributed by atoms with Crippen LogP contribution in [0.1, 0.15) is 23.2 Å². The van der Waals surface area contributed by atoms with Gasteiger partial charge in [-0.2, -0.15) is 0 Å². The normalized spacial score (nSPS) is 15.7. The van der Waals surface area contributed by atoms with E-state index in [-0.39, 0.29) is 5.78 Å². The van der Waals surface area contributed by atoms with Gasteiger partial charge in [0.2, 0.25) is 0 Å². The number of halogens is 2. The number of fused-ring (bicyclic) bond motifs is 1. The summed E-state index contributed by atoms with van der Waals surface area (Å²) in [6.45, 7) is 0.863. The monoisotopic (exact) mass is 317 g/mol. The molecule has 14 heavy (non-hydrogen) atoms. The lowest BCUT2D eigenvalue weighted by atomic mass is 10.1. The number of rotatable bonds is 0. The predicted molar refractivity (Wildman–Crippen MR) is 63.9 cm³/mol. The van der Waals surface area contributed by atoms with Gasteiger partial charge in [0.05, 0.1) is 5.56 Å². The Labute approximate surface area is 99.3 Å². The van der Waals surface area contributed by atoms with Gasteiger partial charge < -0.3 is 5.32 Å². The Bertz CT molecular complexity index is 390. The molecule has 0 saturated carbocycles. The molecule has 0 aromatic heterocycles. The molecule has 1 aromatic carbocycles. The van der Waals surface area contributed by atoms with Crippen molar-refractivity contribution in [2.45, 2.75) is 12.8 Å². The lowest BCUT2D eigenvalue weighted by molar-refractivity contribution is 0.0983. The van der Waals surface area contributed by atoms with Crippen LogP contribution in [-0.2, 0) is 0 Å².